The predicted molar refractivity (Wildman–Crippen MR) is 95.9 cm³/mol. The number of ether oxygens (including phenoxy) is 2. The fourth-order valence-electron chi connectivity index (χ4n) is 2.40. The predicted octanol–water partition coefficient (Wildman–Crippen LogP) is 3.50. The van der Waals surface area contributed by atoms with Crippen LogP contribution in [-0.2, 0) is 9.31 Å². The van der Waals surface area contributed by atoms with Gasteiger partial charge in [-0.1, -0.05) is 35.3 Å². The van der Waals surface area contributed by atoms with Crippen LogP contribution in [0.2, 0.25) is 10.0 Å². The van der Waals surface area contributed by atoms with Gasteiger partial charge in [-0.05, 0) is 42.2 Å². The summed E-state index contributed by atoms with van der Waals surface area (Å²) in [5, 5.41) is 1.00. The quantitative estimate of drug-likeness (QED) is 0.579. The molecule has 0 N–H and O–H groups in total. The van der Waals surface area contributed by atoms with Crippen molar-refractivity contribution in [1.82, 2.24) is 0 Å². The molecule has 1 fully saturated rings. The molecular formula is C17H17BCl2O4. The molecule has 2 aromatic carbocycles. The molecule has 24 heavy (non-hydrogen) atoms. The van der Waals surface area contributed by atoms with Crippen LogP contribution in [0.3, 0.4) is 0 Å². The maximum atomic E-state index is 6.14. The molecule has 0 unspecified atom stereocenters. The van der Waals surface area contributed by atoms with Gasteiger partial charge in [0.15, 0.2) is 5.75 Å². The van der Waals surface area contributed by atoms with Gasteiger partial charge in [0, 0.05) is 0 Å². The molecule has 0 amide bonds. The second kappa shape index (κ2) is 8.12. The lowest BCUT2D eigenvalue weighted by atomic mass is 9.79. The minimum atomic E-state index is -0.270. The highest BCUT2D eigenvalue weighted by Crippen LogP contribution is 2.33. The zero-order valence-electron chi connectivity index (χ0n) is 13.3. The Kier molecular flexibility index (Phi) is 5.90. The van der Waals surface area contributed by atoms with E-state index in [9.17, 15) is 0 Å². The second-order valence-electron chi connectivity index (χ2n) is 5.40. The van der Waals surface area contributed by atoms with Crippen molar-refractivity contribution in [2.24, 2.45) is 0 Å². The SMILES string of the molecule is Cc1cc(Cl)c(OCCOc2ccc(B3OCCO3)cc2)c(Cl)c1. The van der Waals surface area contributed by atoms with Crippen LogP contribution in [0.15, 0.2) is 36.4 Å². The summed E-state index contributed by atoms with van der Waals surface area (Å²) in [5.74, 6) is 1.24. The van der Waals surface area contributed by atoms with Gasteiger partial charge in [0.2, 0.25) is 0 Å². The molecule has 1 saturated heterocycles. The molecule has 126 valence electrons. The molecule has 0 saturated carbocycles. The van der Waals surface area contributed by atoms with Crippen molar-refractivity contribution in [3.63, 3.8) is 0 Å². The Bertz CT molecular complexity index is 664. The monoisotopic (exact) mass is 366 g/mol. The molecule has 7 heteroatoms. The van der Waals surface area contributed by atoms with E-state index < -0.39 is 0 Å². The normalized spacial score (nSPS) is 14.0. The maximum absolute atomic E-state index is 6.14. The van der Waals surface area contributed by atoms with Crippen molar-refractivity contribution < 1.29 is 18.8 Å². The highest BCUT2D eigenvalue weighted by atomic mass is 35.5. The first-order chi connectivity index (χ1) is 11.6. The Hall–Kier alpha value is -1.40. The van der Waals surface area contributed by atoms with Crippen LogP contribution in [0.4, 0.5) is 0 Å². The zero-order valence-corrected chi connectivity index (χ0v) is 14.8. The van der Waals surface area contributed by atoms with Gasteiger partial charge in [0.25, 0.3) is 0 Å². The van der Waals surface area contributed by atoms with E-state index in [1.54, 1.807) is 0 Å². The number of hydrogen-bond donors (Lipinski definition) is 0. The van der Waals surface area contributed by atoms with Gasteiger partial charge < -0.3 is 18.8 Å². The van der Waals surface area contributed by atoms with Gasteiger partial charge >= 0.3 is 7.12 Å². The lowest BCUT2D eigenvalue weighted by Crippen LogP contribution is -2.31. The maximum Gasteiger partial charge on any atom is 0.494 e. The third-order valence-corrected chi connectivity index (χ3v) is 4.08. The van der Waals surface area contributed by atoms with Crippen LogP contribution in [0.25, 0.3) is 0 Å². The zero-order chi connectivity index (χ0) is 16.9. The number of benzene rings is 2. The summed E-state index contributed by atoms with van der Waals surface area (Å²) in [4.78, 5) is 0. The molecule has 1 aliphatic heterocycles. The fraction of sp³-hybridized carbons (Fsp3) is 0.294. The average Bonchev–Trinajstić information content (AvgIpc) is 3.08. The van der Waals surface area contributed by atoms with E-state index in [0.717, 1.165) is 16.8 Å². The second-order valence-corrected chi connectivity index (χ2v) is 6.21. The average molecular weight is 367 g/mol. The largest absolute Gasteiger partial charge is 0.494 e. The van der Waals surface area contributed by atoms with E-state index >= 15 is 0 Å². The molecule has 2 aromatic rings. The molecule has 0 aromatic heterocycles. The highest BCUT2D eigenvalue weighted by Gasteiger charge is 2.25. The summed E-state index contributed by atoms with van der Waals surface area (Å²) < 4.78 is 22.2. The minimum absolute atomic E-state index is 0.270. The van der Waals surface area contributed by atoms with E-state index in [-0.39, 0.29) is 7.12 Å². The van der Waals surface area contributed by atoms with Gasteiger partial charge in [-0.3, -0.25) is 0 Å². The topological polar surface area (TPSA) is 36.9 Å². The molecule has 0 spiro atoms. The van der Waals surface area contributed by atoms with Crippen molar-refractivity contribution in [3.8, 4) is 11.5 Å². The Labute approximate surface area is 151 Å². The van der Waals surface area contributed by atoms with Crippen molar-refractivity contribution >= 4 is 35.8 Å². The smallest absolute Gasteiger partial charge is 0.490 e. The third kappa shape index (κ3) is 4.36. The van der Waals surface area contributed by atoms with E-state index in [1.165, 1.54) is 0 Å². The Balaban J connectivity index is 1.48. The summed E-state index contributed by atoms with van der Waals surface area (Å²) in [7, 11) is -0.270. The standard InChI is InChI=1S/C17H17BCl2O4/c1-12-10-15(19)17(16(20)11-12)22-7-6-21-14-4-2-13(3-5-14)18-23-8-9-24-18/h2-5,10-11H,6-9H2,1H3. The van der Waals surface area contributed by atoms with Crippen LogP contribution in [0, 0.1) is 6.92 Å². The highest BCUT2D eigenvalue weighted by molar-refractivity contribution is 6.61. The molecule has 0 aliphatic carbocycles. The summed E-state index contributed by atoms with van der Waals surface area (Å²) in [6.07, 6.45) is 0. The van der Waals surface area contributed by atoms with E-state index in [0.29, 0.717) is 42.2 Å². The molecule has 0 bridgehead atoms. The van der Waals surface area contributed by atoms with E-state index in [1.807, 2.05) is 43.3 Å². The van der Waals surface area contributed by atoms with Gasteiger partial charge in [-0.2, -0.15) is 0 Å². The molecular weight excluding hydrogens is 350 g/mol. The van der Waals surface area contributed by atoms with Crippen LogP contribution < -0.4 is 14.9 Å². The molecule has 1 aliphatic rings. The van der Waals surface area contributed by atoms with Crippen molar-refractivity contribution in [2.45, 2.75) is 6.92 Å². The summed E-state index contributed by atoms with van der Waals surface area (Å²) in [5.41, 5.74) is 1.97. The van der Waals surface area contributed by atoms with Crippen LogP contribution in [0.5, 0.6) is 11.5 Å². The van der Waals surface area contributed by atoms with Gasteiger partial charge in [-0.15, -0.1) is 0 Å². The third-order valence-electron chi connectivity index (χ3n) is 3.52. The molecule has 1 heterocycles. The fourth-order valence-corrected chi connectivity index (χ4v) is 3.11. The first kappa shape index (κ1) is 17.4. The van der Waals surface area contributed by atoms with Crippen LogP contribution >= 0.6 is 23.2 Å². The van der Waals surface area contributed by atoms with Crippen LogP contribution in [0.1, 0.15) is 5.56 Å². The molecule has 0 radical (unpaired) electrons. The lowest BCUT2D eigenvalue weighted by Gasteiger charge is -2.12. The van der Waals surface area contributed by atoms with Crippen molar-refractivity contribution in [2.75, 3.05) is 26.4 Å². The lowest BCUT2D eigenvalue weighted by molar-refractivity contribution is 0.217. The van der Waals surface area contributed by atoms with E-state index in [2.05, 4.69) is 0 Å². The Morgan fingerprint density at radius 2 is 1.54 bits per heavy atom. The minimum Gasteiger partial charge on any atom is -0.490 e. The number of halogens is 2. The molecule has 0 atom stereocenters. The number of hydrogen-bond acceptors (Lipinski definition) is 4. The first-order valence-corrected chi connectivity index (χ1v) is 8.43. The Morgan fingerprint density at radius 1 is 0.958 bits per heavy atom. The van der Waals surface area contributed by atoms with Gasteiger partial charge in [0.05, 0.1) is 23.3 Å². The van der Waals surface area contributed by atoms with Crippen molar-refractivity contribution in [1.29, 1.82) is 0 Å². The van der Waals surface area contributed by atoms with Crippen molar-refractivity contribution in [3.05, 3.63) is 52.0 Å². The summed E-state index contributed by atoms with van der Waals surface area (Å²) >= 11 is 12.3. The first-order valence-electron chi connectivity index (χ1n) is 7.68. The molecule has 3 rings (SSSR count). The summed E-state index contributed by atoms with van der Waals surface area (Å²) in [6.45, 7) is 3.92. The number of rotatable bonds is 6. The van der Waals surface area contributed by atoms with Gasteiger partial charge in [0.1, 0.15) is 19.0 Å². The van der Waals surface area contributed by atoms with E-state index in [4.69, 9.17) is 42.0 Å². The van der Waals surface area contributed by atoms with Crippen LogP contribution in [-0.4, -0.2) is 33.5 Å². The Morgan fingerprint density at radius 3 is 2.17 bits per heavy atom. The molecule has 4 nitrogen and oxygen atoms in total. The summed E-state index contributed by atoms with van der Waals surface area (Å²) in [6, 6.07) is 11.3. The number of aryl methyl sites for hydroxylation is 1. The van der Waals surface area contributed by atoms with Gasteiger partial charge in [-0.25, -0.2) is 0 Å².